The van der Waals surface area contributed by atoms with Crippen molar-refractivity contribution in [3.63, 3.8) is 0 Å². The molecule has 0 spiro atoms. The van der Waals surface area contributed by atoms with Crippen LogP contribution in [0.25, 0.3) is 0 Å². The number of nitrogens with zero attached hydrogens (tertiary/aromatic N) is 4. The zero-order valence-corrected chi connectivity index (χ0v) is 30.2. The molecule has 0 saturated carbocycles. The Morgan fingerprint density at radius 3 is 2.43 bits per heavy atom. The van der Waals surface area contributed by atoms with E-state index in [-0.39, 0.29) is 36.8 Å². The third-order valence-electron chi connectivity index (χ3n) is 10.2. The van der Waals surface area contributed by atoms with Gasteiger partial charge < -0.3 is 40.5 Å². The number of aromatic amines is 1. The predicted octanol–water partition coefficient (Wildman–Crippen LogP) is -0.699. The highest BCUT2D eigenvalue weighted by atomic mass is 32.2. The smallest absolute Gasteiger partial charge is 0.352 e. The molecule has 3 fully saturated rings. The molecule has 5 heterocycles. The van der Waals surface area contributed by atoms with Crippen LogP contribution in [-0.2, 0) is 24.0 Å². The number of carbonyl (C=O) groups excluding carboxylic acids is 6. The van der Waals surface area contributed by atoms with Crippen LogP contribution in [0.4, 0.5) is 4.79 Å². The molecule has 1 aromatic carbocycles. The van der Waals surface area contributed by atoms with Crippen LogP contribution in [0.5, 0.6) is 5.75 Å². The first-order chi connectivity index (χ1) is 25.8. The Morgan fingerprint density at radius 2 is 1.76 bits per heavy atom. The number of imide groups is 1. The predicted molar refractivity (Wildman–Crippen MR) is 191 cm³/mol. The standard InChI is InChI=1S/C35H40N8O10S/c1-2-40-11-12-41(32(50)31(40)49)35(53)39-25(20-8-4-3-5-9-20)29(47)38-26-30(48)42-27(34(51)52)21(19-54-33(26)42)18-43(13-6-7-14-43)15-10-36-28(46)22-16-23(44)24(45)17-37-22/h3-5,8-9,16-17,25-26,33H,2,6-7,10-15,18-19H2,1H3,(H5-,36,37,38,39,44,45,46,47,49,50,51,52,53)/p+1/t25-,26+,33+/m0/s1. The summed E-state index contributed by atoms with van der Waals surface area (Å²) in [5.74, 6) is -5.29. The average molecular weight is 766 g/mol. The molecular weight excluding hydrogens is 724 g/mol. The van der Waals surface area contributed by atoms with Crippen molar-refractivity contribution in [2.75, 3.05) is 58.1 Å². The molecule has 7 amide bonds. The van der Waals surface area contributed by atoms with Crippen molar-refractivity contribution in [2.24, 2.45) is 0 Å². The number of likely N-dealkylation sites (N-methyl/N-ethyl adjacent to an activating group) is 1. The minimum Gasteiger partial charge on any atom is -0.503 e. The Bertz CT molecular complexity index is 1960. The highest BCUT2D eigenvalue weighted by Gasteiger charge is 2.55. The summed E-state index contributed by atoms with van der Waals surface area (Å²) in [6, 6.07) is 5.79. The van der Waals surface area contributed by atoms with Gasteiger partial charge in [-0.3, -0.25) is 38.6 Å². The number of fused-ring (bicyclic) bond motifs is 1. The van der Waals surface area contributed by atoms with Gasteiger partial charge in [0.05, 0.1) is 26.2 Å². The fraction of sp³-hybridized carbons (Fsp3) is 0.429. The molecule has 3 saturated heterocycles. The quantitative estimate of drug-likeness (QED) is 0.0898. The second-order valence-corrected chi connectivity index (χ2v) is 14.6. The average Bonchev–Trinajstić information content (AvgIpc) is 3.62. The maximum Gasteiger partial charge on any atom is 0.352 e. The number of H-pyrrole nitrogens is 1. The maximum atomic E-state index is 13.8. The molecular formula is C35H41N8O10S+. The molecule has 286 valence electrons. The van der Waals surface area contributed by atoms with Crippen LogP contribution in [0.3, 0.4) is 0 Å². The van der Waals surface area contributed by atoms with Crippen LogP contribution in [0.15, 0.2) is 58.7 Å². The summed E-state index contributed by atoms with van der Waals surface area (Å²) >= 11 is 1.31. The first-order valence-electron chi connectivity index (χ1n) is 17.6. The molecule has 19 heteroatoms. The van der Waals surface area contributed by atoms with Crippen molar-refractivity contribution in [1.82, 2.24) is 35.6 Å². The lowest BCUT2D eigenvalue weighted by molar-refractivity contribution is -0.911. The van der Waals surface area contributed by atoms with E-state index in [0.717, 1.165) is 43.1 Å². The monoisotopic (exact) mass is 765 g/mol. The van der Waals surface area contributed by atoms with Crippen molar-refractivity contribution in [1.29, 1.82) is 0 Å². The molecule has 6 N–H and O–H groups in total. The fourth-order valence-electron chi connectivity index (χ4n) is 7.33. The number of benzene rings is 1. The second kappa shape index (κ2) is 15.7. The van der Waals surface area contributed by atoms with Crippen molar-refractivity contribution in [3.05, 3.63) is 75.3 Å². The number of amides is 7. The number of carbonyl (C=O) groups is 7. The molecule has 0 radical (unpaired) electrons. The minimum absolute atomic E-state index is 0.0103. The SMILES string of the molecule is CCN1CCN(C(=O)N[C@H](C(=O)N[C@@H]2C(=O)N3C(C(=O)O)=C(C[N+]4(CCNC(=O)c5cc(=O)c(O)c[nH]5)CCCC4)CS[C@H]23)c2ccccc2)C(=O)C1=O. The summed E-state index contributed by atoms with van der Waals surface area (Å²) in [5.41, 5.74) is 0.0569. The van der Waals surface area contributed by atoms with Gasteiger partial charge in [0.15, 0.2) is 5.75 Å². The lowest BCUT2D eigenvalue weighted by atomic mass is 10.0. The molecule has 0 unspecified atom stereocenters. The summed E-state index contributed by atoms with van der Waals surface area (Å²) in [4.78, 5) is 109. The Morgan fingerprint density at radius 1 is 1.04 bits per heavy atom. The van der Waals surface area contributed by atoms with Gasteiger partial charge in [-0.1, -0.05) is 30.3 Å². The molecule has 3 atom stereocenters. The van der Waals surface area contributed by atoms with E-state index in [1.165, 1.54) is 21.6 Å². The number of nitrogens with one attached hydrogen (secondary N) is 4. The number of likely N-dealkylation sites (tertiary alicyclic amines) is 1. The summed E-state index contributed by atoms with van der Waals surface area (Å²) in [6.07, 6.45) is 2.82. The Hall–Kier alpha value is -5.69. The molecule has 6 rings (SSSR count). The van der Waals surface area contributed by atoms with E-state index in [1.807, 2.05) is 0 Å². The highest BCUT2D eigenvalue weighted by Crippen LogP contribution is 2.41. The van der Waals surface area contributed by atoms with Crippen molar-refractivity contribution in [2.45, 2.75) is 37.2 Å². The van der Waals surface area contributed by atoms with Gasteiger partial charge in [-0.2, -0.15) is 0 Å². The molecule has 0 aliphatic carbocycles. The molecule has 54 heavy (non-hydrogen) atoms. The van der Waals surface area contributed by atoms with Gasteiger partial charge in [0, 0.05) is 56.1 Å². The maximum absolute atomic E-state index is 13.8. The van der Waals surface area contributed by atoms with Gasteiger partial charge in [-0.15, -0.1) is 11.8 Å². The number of aliphatic carboxylic acids is 1. The molecule has 4 aliphatic rings. The van der Waals surface area contributed by atoms with Crippen molar-refractivity contribution in [3.8, 4) is 5.75 Å². The number of pyridine rings is 1. The normalized spacial score (nSPS) is 21.3. The van der Waals surface area contributed by atoms with Gasteiger partial charge in [0.2, 0.25) is 11.3 Å². The number of rotatable bonds is 12. The Labute approximate surface area is 313 Å². The summed E-state index contributed by atoms with van der Waals surface area (Å²) < 4.78 is 0.478. The van der Waals surface area contributed by atoms with Crippen molar-refractivity contribution >= 4 is 53.3 Å². The van der Waals surface area contributed by atoms with Crippen LogP contribution < -0.4 is 21.4 Å². The number of hydrogen-bond acceptors (Lipinski definition) is 10. The number of carboxylic acid groups (broad SMARTS) is 1. The van der Waals surface area contributed by atoms with Gasteiger partial charge in [-0.05, 0) is 12.5 Å². The highest BCUT2D eigenvalue weighted by molar-refractivity contribution is 8.00. The number of piperazine rings is 1. The third-order valence-corrected chi connectivity index (χ3v) is 11.5. The number of aromatic nitrogens is 1. The second-order valence-electron chi connectivity index (χ2n) is 13.5. The summed E-state index contributed by atoms with van der Waals surface area (Å²) in [6.45, 7) is 4.55. The number of thioether (sulfide) groups is 1. The summed E-state index contributed by atoms with van der Waals surface area (Å²) in [5, 5.41) is 27.1. The van der Waals surface area contributed by atoms with E-state index in [9.17, 15) is 48.6 Å². The lowest BCUT2D eigenvalue weighted by Gasteiger charge is -2.50. The first kappa shape index (κ1) is 38.0. The van der Waals surface area contributed by atoms with Gasteiger partial charge >= 0.3 is 23.8 Å². The number of hydrogen-bond donors (Lipinski definition) is 6. The zero-order valence-electron chi connectivity index (χ0n) is 29.4. The molecule has 2 aromatic rings. The van der Waals surface area contributed by atoms with Crippen molar-refractivity contribution < 1.29 is 48.3 Å². The number of aromatic hydroxyl groups is 1. The third kappa shape index (κ3) is 7.54. The van der Waals surface area contributed by atoms with Gasteiger partial charge in [0.1, 0.15) is 35.4 Å². The van der Waals surface area contributed by atoms with E-state index in [4.69, 9.17) is 0 Å². The fourth-order valence-corrected chi connectivity index (χ4v) is 8.66. The number of β-lactam (4-membered cyclic amide) rings is 1. The molecule has 0 bridgehead atoms. The first-order valence-corrected chi connectivity index (χ1v) is 18.6. The van der Waals surface area contributed by atoms with Crippen LogP contribution in [0, 0.1) is 0 Å². The number of quaternary nitrogens is 1. The van der Waals surface area contributed by atoms with Crippen LogP contribution in [0.1, 0.15) is 41.9 Å². The molecule has 1 aromatic heterocycles. The summed E-state index contributed by atoms with van der Waals surface area (Å²) in [7, 11) is 0. The Balaban J connectivity index is 1.13. The van der Waals surface area contributed by atoms with E-state index >= 15 is 0 Å². The Kier molecular flexibility index (Phi) is 11.1. The largest absolute Gasteiger partial charge is 0.503 e. The number of urea groups is 1. The van der Waals surface area contributed by atoms with Crippen LogP contribution >= 0.6 is 11.8 Å². The topological polar surface area (TPSA) is 239 Å². The minimum atomic E-state index is -1.35. The van der Waals surface area contributed by atoms with Crippen LogP contribution in [-0.4, -0.2) is 145 Å². The van der Waals surface area contributed by atoms with E-state index in [0.29, 0.717) is 35.3 Å². The van der Waals surface area contributed by atoms with Gasteiger partial charge in [0.25, 0.3) is 11.8 Å². The number of carboxylic acids is 1. The van der Waals surface area contributed by atoms with E-state index < -0.39 is 70.2 Å². The van der Waals surface area contributed by atoms with Gasteiger partial charge in [-0.25, -0.2) is 9.59 Å². The molecule has 18 nitrogen and oxygen atoms in total. The van der Waals surface area contributed by atoms with E-state index in [2.05, 4.69) is 20.9 Å². The zero-order chi connectivity index (χ0) is 38.7. The molecule has 4 aliphatic heterocycles. The van der Waals surface area contributed by atoms with Crippen LogP contribution in [0.2, 0.25) is 0 Å². The van der Waals surface area contributed by atoms with E-state index in [1.54, 1.807) is 37.3 Å². The lowest BCUT2D eigenvalue weighted by Crippen LogP contribution is -2.71.